The van der Waals surface area contributed by atoms with Crippen molar-refractivity contribution in [2.24, 2.45) is 0 Å². The Morgan fingerprint density at radius 2 is 2.00 bits per heavy atom. The first kappa shape index (κ1) is 12.0. The van der Waals surface area contributed by atoms with E-state index in [9.17, 15) is 0 Å². The van der Waals surface area contributed by atoms with Crippen molar-refractivity contribution in [2.45, 2.75) is 45.7 Å². The Kier molecular flexibility index (Phi) is 3.02. The lowest BCUT2D eigenvalue weighted by atomic mass is 9.97. The SMILES string of the molecule is CC(C)N1CCc2cc3c(nc2C1)N(C)CCC3. The van der Waals surface area contributed by atoms with E-state index in [1.54, 1.807) is 0 Å². The average molecular weight is 245 g/mol. The van der Waals surface area contributed by atoms with Gasteiger partial charge in [-0.25, -0.2) is 4.98 Å². The van der Waals surface area contributed by atoms with Gasteiger partial charge in [-0.1, -0.05) is 6.07 Å². The van der Waals surface area contributed by atoms with Crippen molar-refractivity contribution in [3.8, 4) is 0 Å². The molecule has 18 heavy (non-hydrogen) atoms. The first-order chi connectivity index (χ1) is 8.65. The van der Waals surface area contributed by atoms with Gasteiger partial charge in [0, 0.05) is 32.7 Å². The second kappa shape index (κ2) is 4.54. The third kappa shape index (κ3) is 2.01. The van der Waals surface area contributed by atoms with Crippen LogP contribution in [0.3, 0.4) is 0 Å². The van der Waals surface area contributed by atoms with E-state index in [4.69, 9.17) is 4.98 Å². The zero-order valence-electron chi connectivity index (χ0n) is 11.7. The summed E-state index contributed by atoms with van der Waals surface area (Å²) in [6, 6.07) is 3.04. The summed E-state index contributed by atoms with van der Waals surface area (Å²) in [5.74, 6) is 1.23. The molecule has 3 rings (SSSR count). The fourth-order valence-electron chi connectivity index (χ4n) is 3.09. The quantitative estimate of drug-likeness (QED) is 0.756. The third-order valence-corrected chi connectivity index (χ3v) is 4.30. The summed E-state index contributed by atoms with van der Waals surface area (Å²) in [4.78, 5) is 9.78. The molecule has 0 aliphatic carbocycles. The number of hydrogen-bond donors (Lipinski definition) is 0. The summed E-state index contributed by atoms with van der Waals surface area (Å²) >= 11 is 0. The largest absolute Gasteiger partial charge is 0.359 e. The van der Waals surface area contributed by atoms with Gasteiger partial charge in [0.25, 0.3) is 0 Å². The van der Waals surface area contributed by atoms with Gasteiger partial charge < -0.3 is 4.90 Å². The van der Waals surface area contributed by atoms with Crippen molar-refractivity contribution in [2.75, 3.05) is 25.0 Å². The molecule has 0 fully saturated rings. The van der Waals surface area contributed by atoms with Gasteiger partial charge >= 0.3 is 0 Å². The molecular weight excluding hydrogens is 222 g/mol. The first-order valence-corrected chi connectivity index (χ1v) is 7.12. The minimum absolute atomic E-state index is 0.619. The second-order valence-corrected chi connectivity index (χ2v) is 5.92. The highest BCUT2D eigenvalue weighted by Gasteiger charge is 2.23. The number of aryl methyl sites for hydroxylation is 1. The lowest BCUT2D eigenvalue weighted by molar-refractivity contribution is 0.200. The van der Waals surface area contributed by atoms with Crippen LogP contribution in [0.25, 0.3) is 0 Å². The summed E-state index contributed by atoms with van der Waals surface area (Å²) in [6.45, 7) is 7.90. The average Bonchev–Trinajstić information content (AvgIpc) is 2.36. The van der Waals surface area contributed by atoms with Crippen LogP contribution in [0, 0.1) is 0 Å². The number of rotatable bonds is 1. The molecule has 0 amide bonds. The van der Waals surface area contributed by atoms with E-state index in [0.717, 1.165) is 19.5 Å². The van der Waals surface area contributed by atoms with Crippen LogP contribution in [0.4, 0.5) is 5.82 Å². The van der Waals surface area contributed by atoms with Gasteiger partial charge in [-0.3, -0.25) is 4.90 Å². The van der Waals surface area contributed by atoms with Crippen LogP contribution in [0.15, 0.2) is 6.07 Å². The van der Waals surface area contributed by atoms with Crippen molar-refractivity contribution in [3.63, 3.8) is 0 Å². The van der Waals surface area contributed by atoms with Crippen LogP contribution in [0.1, 0.15) is 37.1 Å². The fraction of sp³-hybridized carbons (Fsp3) is 0.667. The molecule has 3 heterocycles. The Bertz CT molecular complexity index is 453. The maximum atomic E-state index is 4.95. The van der Waals surface area contributed by atoms with Crippen molar-refractivity contribution in [1.82, 2.24) is 9.88 Å². The summed E-state index contributed by atoms with van der Waals surface area (Å²) in [5.41, 5.74) is 4.25. The summed E-state index contributed by atoms with van der Waals surface area (Å²) < 4.78 is 0. The molecule has 0 saturated heterocycles. The van der Waals surface area contributed by atoms with Crippen LogP contribution >= 0.6 is 0 Å². The smallest absolute Gasteiger partial charge is 0.131 e. The van der Waals surface area contributed by atoms with Crippen molar-refractivity contribution in [3.05, 3.63) is 22.9 Å². The van der Waals surface area contributed by atoms with Crippen LogP contribution in [-0.2, 0) is 19.4 Å². The van der Waals surface area contributed by atoms with Crippen LogP contribution in [0.5, 0.6) is 0 Å². The Balaban J connectivity index is 1.95. The van der Waals surface area contributed by atoms with Gasteiger partial charge in [0.2, 0.25) is 0 Å². The third-order valence-electron chi connectivity index (χ3n) is 4.30. The topological polar surface area (TPSA) is 19.4 Å². The number of anilines is 1. The molecule has 98 valence electrons. The molecule has 3 nitrogen and oxygen atoms in total. The molecule has 0 aromatic carbocycles. The maximum Gasteiger partial charge on any atom is 0.131 e. The Morgan fingerprint density at radius 1 is 1.17 bits per heavy atom. The molecule has 1 aromatic heterocycles. The normalized spacial score (nSPS) is 19.9. The zero-order valence-corrected chi connectivity index (χ0v) is 11.7. The Morgan fingerprint density at radius 3 is 2.78 bits per heavy atom. The number of hydrogen-bond acceptors (Lipinski definition) is 3. The highest BCUT2D eigenvalue weighted by molar-refractivity contribution is 5.51. The highest BCUT2D eigenvalue weighted by atomic mass is 15.2. The Labute approximate surface area is 110 Å². The molecule has 2 aliphatic heterocycles. The highest BCUT2D eigenvalue weighted by Crippen LogP contribution is 2.29. The maximum absolute atomic E-state index is 4.95. The lowest BCUT2D eigenvalue weighted by Crippen LogP contribution is -2.37. The number of pyridine rings is 1. The van der Waals surface area contributed by atoms with E-state index in [1.807, 2.05) is 0 Å². The van der Waals surface area contributed by atoms with Gasteiger partial charge in [-0.2, -0.15) is 0 Å². The van der Waals surface area contributed by atoms with E-state index >= 15 is 0 Å². The van der Waals surface area contributed by atoms with Gasteiger partial charge in [-0.15, -0.1) is 0 Å². The number of aromatic nitrogens is 1. The zero-order chi connectivity index (χ0) is 12.7. The molecule has 0 atom stereocenters. The van der Waals surface area contributed by atoms with Gasteiger partial charge in [0.05, 0.1) is 5.69 Å². The molecular formula is C15H23N3. The van der Waals surface area contributed by atoms with Crippen molar-refractivity contribution >= 4 is 5.82 Å². The minimum atomic E-state index is 0.619. The summed E-state index contributed by atoms with van der Waals surface area (Å²) in [5, 5.41) is 0. The predicted octanol–water partition coefficient (Wildman–Crippen LogP) is 2.23. The van der Waals surface area contributed by atoms with E-state index < -0.39 is 0 Å². The molecule has 0 unspecified atom stereocenters. The molecule has 2 aliphatic rings. The molecule has 0 saturated carbocycles. The number of fused-ring (bicyclic) bond motifs is 2. The van der Waals surface area contributed by atoms with Crippen LogP contribution in [-0.4, -0.2) is 36.1 Å². The number of nitrogens with zero attached hydrogens (tertiary/aromatic N) is 3. The standard InChI is InChI=1S/C15H23N3/c1-11(2)18-8-6-12-9-13-5-4-7-17(3)15(13)16-14(12)10-18/h9,11H,4-8,10H2,1-3H3. The second-order valence-electron chi connectivity index (χ2n) is 5.92. The fourth-order valence-corrected chi connectivity index (χ4v) is 3.09. The van der Waals surface area contributed by atoms with E-state index in [2.05, 4.69) is 36.8 Å². The van der Waals surface area contributed by atoms with Crippen LogP contribution in [0.2, 0.25) is 0 Å². The molecule has 0 N–H and O–H groups in total. The molecule has 0 spiro atoms. The molecule has 0 radical (unpaired) electrons. The van der Waals surface area contributed by atoms with Gasteiger partial charge in [-0.05, 0) is 44.2 Å². The summed E-state index contributed by atoms with van der Waals surface area (Å²) in [6.07, 6.45) is 3.63. The molecule has 1 aromatic rings. The minimum Gasteiger partial charge on any atom is -0.359 e. The van der Waals surface area contributed by atoms with E-state index in [0.29, 0.717) is 6.04 Å². The molecule has 3 heteroatoms. The van der Waals surface area contributed by atoms with E-state index in [-0.39, 0.29) is 0 Å². The summed E-state index contributed by atoms with van der Waals surface area (Å²) in [7, 11) is 2.17. The Hall–Kier alpha value is -1.09. The van der Waals surface area contributed by atoms with Crippen molar-refractivity contribution < 1.29 is 0 Å². The predicted molar refractivity (Wildman–Crippen MR) is 75.1 cm³/mol. The molecule has 0 bridgehead atoms. The first-order valence-electron chi connectivity index (χ1n) is 7.12. The van der Waals surface area contributed by atoms with Gasteiger partial charge in [0.1, 0.15) is 5.82 Å². The monoisotopic (exact) mass is 245 g/mol. The lowest BCUT2D eigenvalue weighted by Gasteiger charge is -2.34. The van der Waals surface area contributed by atoms with E-state index in [1.165, 1.54) is 42.0 Å². The van der Waals surface area contributed by atoms with Gasteiger partial charge in [0.15, 0.2) is 0 Å². The van der Waals surface area contributed by atoms with Crippen LogP contribution < -0.4 is 4.90 Å². The van der Waals surface area contributed by atoms with Crippen molar-refractivity contribution in [1.29, 1.82) is 0 Å².